The fourth-order valence-electron chi connectivity index (χ4n) is 0.0758. The molecule has 0 aromatic rings. The zero-order chi connectivity index (χ0) is 7.71. The molecule has 0 nitrogen and oxygen atoms in total. The maximum atomic E-state index is 11.8. The van der Waals surface area contributed by atoms with Crippen LogP contribution < -0.4 is 0 Å². The summed E-state index contributed by atoms with van der Waals surface area (Å²) in [6, 6.07) is 0. The van der Waals surface area contributed by atoms with Crippen molar-refractivity contribution in [2.45, 2.75) is 11.3 Å². The molecule has 0 unspecified atom stereocenters. The van der Waals surface area contributed by atoms with Gasteiger partial charge in [0, 0.05) is 0 Å². The van der Waals surface area contributed by atoms with E-state index in [2.05, 4.69) is 11.6 Å². The van der Waals surface area contributed by atoms with Gasteiger partial charge in [0.15, 0.2) is 0 Å². The molecule has 0 bridgehead atoms. The van der Waals surface area contributed by atoms with Crippen LogP contribution in [0, 0.1) is 0 Å². The molecule has 0 amide bonds. The van der Waals surface area contributed by atoms with Gasteiger partial charge in [-0.2, -0.15) is 17.6 Å². The SMILES string of the molecule is FC(F)(Cl)C(F)(F)CI. The van der Waals surface area contributed by atoms with Gasteiger partial charge in [-0.15, -0.1) is 0 Å². The van der Waals surface area contributed by atoms with E-state index in [0.29, 0.717) is 0 Å². The smallest absolute Gasteiger partial charge is 0.197 e. The van der Waals surface area contributed by atoms with E-state index < -0.39 is 15.7 Å². The summed E-state index contributed by atoms with van der Waals surface area (Å²) in [6.07, 6.45) is 0. The molecule has 0 radical (unpaired) electrons. The van der Waals surface area contributed by atoms with E-state index in [1.807, 2.05) is 0 Å². The van der Waals surface area contributed by atoms with Crippen LogP contribution in [-0.4, -0.2) is 15.7 Å². The number of hydrogen-bond acceptors (Lipinski definition) is 0. The average molecular weight is 276 g/mol. The minimum Gasteiger partial charge on any atom is -0.197 e. The van der Waals surface area contributed by atoms with Gasteiger partial charge in [-0.3, -0.25) is 0 Å². The van der Waals surface area contributed by atoms with Crippen LogP contribution in [0.15, 0.2) is 0 Å². The molecule has 0 rings (SSSR count). The summed E-state index contributed by atoms with van der Waals surface area (Å²) in [7, 11) is 0. The molecule has 6 heteroatoms. The van der Waals surface area contributed by atoms with Gasteiger partial charge in [-0.05, 0) is 11.6 Å². The van der Waals surface area contributed by atoms with Crippen LogP contribution in [0.5, 0.6) is 0 Å². The molecule has 56 valence electrons. The molecule has 0 saturated heterocycles. The Balaban J connectivity index is 4.14. The lowest BCUT2D eigenvalue weighted by molar-refractivity contribution is -0.138. The maximum absolute atomic E-state index is 11.8. The quantitative estimate of drug-likeness (QED) is 0.413. The average Bonchev–Trinajstić information content (AvgIpc) is 1.64. The number of hydrogen-bond donors (Lipinski definition) is 0. The first kappa shape index (κ1) is 9.74. The molecule has 9 heavy (non-hydrogen) atoms. The lowest BCUT2D eigenvalue weighted by Gasteiger charge is -2.17. The Kier molecular flexibility index (Phi) is 3.00. The Morgan fingerprint density at radius 3 is 1.56 bits per heavy atom. The lowest BCUT2D eigenvalue weighted by Crippen LogP contribution is -2.36. The second-order valence-electron chi connectivity index (χ2n) is 1.34. The van der Waals surface area contributed by atoms with Crippen molar-refractivity contribution in [3.05, 3.63) is 0 Å². The van der Waals surface area contributed by atoms with E-state index in [-0.39, 0.29) is 0 Å². The molecule has 0 aliphatic heterocycles. The van der Waals surface area contributed by atoms with Crippen LogP contribution in [0.1, 0.15) is 0 Å². The van der Waals surface area contributed by atoms with Gasteiger partial charge >= 0.3 is 11.3 Å². The zero-order valence-corrected chi connectivity index (χ0v) is 6.89. The van der Waals surface area contributed by atoms with E-state index >= 15 is 0 Å². The normalized spacial score (nSPS) is 14.0. The highest BCUT2D eigenvalue weighted by atomic mass is 127. The Hall–Kier alpha value is 0.740. The van der Waals surface area contributed by atoms with E-state index in [4.69, 9.17) is 0 Å². The monoisotopic (exact) mass is 276 g/mol. The summed E-state index contributed by atoms with van der Waals surface area (Å²) in [6.45, 7) is 0. The molecular weight excluding hydrogens is 274 g/mol. The first-order valence-corrected chi connectivity index (χ1v) is 3.72. The van der Waals surface area contributed by atoms with Crippen LogP contribution in [0.2, 0.25) is 0 Å². The third-order valence-corrected chi connectivity index (χ3v) is 1.82. The van der Waals surface area contributed by atoms with Gasteiger partial charge in [0.25, 0.3) is 0 Å². The summed E-state index contributed by atoms with van der Waals surface area (Å²) in [4.78, 5) is 0. The zero-order valence-electron chi connectivity index (χ0n) is 3.97. The second-order valence-corrected chi connectivity index (χ2v) is 2.57. The van der Waals surface area contributed by atoms with Gasteiger partial charge < -0.3 is 0 Å². The number of halogens is 6. The molecule has 0 aromatic carbocycles. The molecule has 0 saturated carbocycles. The van der Waals surface area contributed by atoms with E-state index in [9.17, 15) is 17.6 Å². The molecule has 0 spiro atoms. The fourth-order valence-corrected chi connectivity index (χ4v) is 0.847. The topological polar surface area (TPSA) is 0 Å². The van der Waals surface area contributed by atoms with Gasteiger partial charge in [-0.25, -0.2) is 0 Å². The highest BCUT2D eigenvalue weighted by Gasteiger charge is 2.53. The lowest BCUT2D eigenvalue weighted by atomic mass is 10.4. The van der Waals surface area contributed by atoms with E-state index in [1.54, 1.807) is 0 Å². The summed E-state index contributed by atoms with van der Waals surface area (Å²) in [5.74, 6) is -4.10. The first-order chi connectivity index (χ1) is 3.81. The summed E-state index contributed by atoms with van der Waals surface area (Å²) in [5, 5.41) is -4.42. The minimum absolute atomic E-state index is 0.985. The van der Waals surface area contributed by atoms with Crippen molar-refractivity contribution in [1.29, 1.82) is 0 Å². The third kappa shape index (κ3) is 2.45. The molecular formula is C3H2ClF4I. The summed E-state index contributed by atoms with van der Waals surface area (Å²) >= 11 is 5.18. The van der Waals surface area contributed by atoms with E-state index in [0.717, 1.165) is 22.6 Å². The second kappa shape index (κ2) is 2.77. The molecule has 0 fully saturated rings. The van der Waals surface area contributed by atoms with Gasteiger partial charge in [0.05, 0.1) is 4.43 Å². The highest BCUT2D eigenvalue weighted by Crippen LogP contribution is 2.38. The Morgan fingerprint density at radius 2 is 1.56 bits per heavy atom. The van der Waals surface area contributed by atoms with E-state index in [1.165, 1.54) is 0 Å². The molecule has 0 aliphatic rings. The Labute approximate surface area is 67.7 Å². The highest BCUT2D eigenvalue weighted by molar-refractivity contribution is 14.1. The molecule has 0 atom stereocenters. The Morgan fingerprint density at radius 1 is 1.22 bits per heavy atom. The van der Waals surface area contributed by atoms with Crippen molar-refractivity contribution in [1.82, 2.24) is 0 Å². The van der Waals surface area contributed by atoms with Gasteiger partial charge in [0.2, 0.25) is 0 Å². The van der Waals surface area contributed by atoms with Crippen LogP contribution in [0.4, 0.5) is 17.6 Å². The molecule has 0 heterocycles. The Bertz CT molecular complexity index is 98.5. The number of alkyl halides is 6. The van der Waals surface area contributed by atoms with Crippen LogP contribution in [0.3, 0.4) is 0 Å². The van der Waals surface area contributed by atoms with Crippen molar-refractivity contribution in [2.75, 3.05) is 4.43 Å². The summed E-state index contributed by atoms with van der Waals surface area (Å²) in [5.41, 5.74) is 0. The van der Waals surface area contributed by atoms with Crippen molar-refractivity contribution in [3.8, 4) is 0 Å². The maximum Gasteiger partial charge on any atom is 0.384 e. The standard InChI is InChI=1S/C3H2ClF4I/c4-3(7,8)2(5,6)1-9/h1H2. The summed E-state index contributed by atoms with van der Waals surface area (Å²) < 4.78 is 45.6. The number of rotatable bonds is 2. The minimum atomic E-state index is -4.42. The first-order valence-electron chi connectivity index (χ1n) is 1.82. The fraction of sp³-hybridized carbons (Fsp3) is 1.00. The predicted molar refractivity (Wildman–Crippen MR) is 34.6 cm³/mol. The largest absolute Gasteiger partial charge is 0.384 e. The third-order valence-electron chi connectivity index (χ3n) is 0.583. The van der Waals surface area contributed by atoms with Crippen molar-refractivity contribution in [2.24, 2.45) is 0 Å². The molecule has 0 N–H and O–H groups in total. The molecule has 0 aromatic heterocycles. The van der Waals surface area contributed by atoms with Crippen molar-refractivity contribution >= 4 is 34.2 Å². The van der Waals surface area contributed by atoms with Gasteiger partial charge in [0.1, 0.15) is 0 Å². The van der Waals surface area contributed by atoms with Crippen LogP contribution in [0.25, 0.3) is 0 Å². The van der Waals surface area contributed by atoms with Gasteiger partial charge in [-0.1, -0.05) is 22.6 Å². The van der Waals surface area contributed by atoms with Crippen LogP contribution >= 0.6 is 34.2 Å². The van der Waals surface area contributed by atoms with Crippen molar-refractivity contribution in [3.63, 3.8) is 0 Å². The van der Waals surface area contributed by atoms with Crippen molar-refractivity contribution < 1.29 is 17.6 Å². The molecule has 0 aliphatic carbocycles. The predicted octanol–water partition coefficient (Wildman–Crippen LogP) is 2.89. The van der Waals surface area contributed by atoms with Crippen LogP contribution in [-0.2, 0) is 0 Å².